The van der Waals surface area contributed by atoms with Crippen LogP contribution in [0.5, 0.6) is 0 Å². The van der Waals surface area contributed by atoms with Crippen LogP contribution in [-0.4, -0.2) is 99.7 Å². The molecule has 0 spiro atoms. The average Bonchev–Trinajstić information content (AvgIpc) is 3.39. The predicted molar refractivity (Wildman–Crippen MR) is 157 cm³/mol. The van der Waals surface area contributed by atoms with Crippen molar-refractivity contribution >= 4 is 24.7 Å². The molecule has 0 radical (unpaired) electrons. The number of nitrogens with zero attached hydrogens (tertiary/aromatic N) is 3. The minimum Gasteiger partial charge on any atom is -0.379 e. The number of aromatic nitrogens is 3. The Balaban J connectivity index is 1.77. The number of unbranched alkanes of at least 4 members (excludes halogenated alkanes) is 3. The summed E-state index contributed by atoms with van der Waals surface area (Å²) < 4.78 is 46.1. The maximum absolute atomic E-state index is 11.8. The van der Waals surface area contributed by atoms with Gasteiger partial charge in [-0.1, -0.05) is 37.2 Å². The Kier molecular flexibility index (Phi) is 20.8. The number of carbonyl (C=O) groups excluding carboxylic acids is 1. The lowest BCUT2D eigenvalue weighted by molar-refractivity contribution is -0.122. The summed E-state index contributed by atoms with van der Waals surface area (Å²) in [5.74, 6) is -0.0181. The summed E-state index contributed by atoms with van der Waals surface area (Å²) in [5, 5.41) is 11.1. The van der Waals surface area contributed by atoms with Gasteiger partial charge in [-0.3, -0.25) is 9.36 Å². The van der Waals surface area contributed by atoms with Crippen molar-refractivity contribution in [1.82, 2.24) is 20.3 Å². The molecule has 234 valence electrons. The molecule has 1 N–H and O–H groups in total. The molecule has 1 aromatic heterocycles. The first kappa shape index (κ1) is 37.0. The standard InChI is InChI=1S/C26H51N4O8PS/c1-5-39(32,40)38-12-9-7-6-8-11-27-25(31)10-13-33-14-15-34-16-17-35-18-19-36-20-21-37-23-24-22-30(29-28-24)26(2,3)4/h22H,5-21,23H2,1-4H3,(H,27,31)(H,32,40). The molecule has 1 atom stereocenters. The molecule has 40 heavy (non-hydrogen) atoms. The summed E-state index contributed by atoms with van der Waals surface area (Å²) in [6.07, 6.45) is 6.36. The van der Waals surface area contributed by atoms with Gasteiger partial charge in [0.2, 0.25) is 5.91 Å². The van der Waals surface area contributed by atoms with E-state index in [2.05, 4.69) is 48.6 Å². The number of hydrogen-bond donors (Lipinski definition) is 2. The van der Waals surface area contributed by atoms with Crippen LogP contribution in [0.1, 0.15) is 65.5 Å². The van der Waals surface area contributed by atoms with Gasteiger partial charge in [0.05, 0.1) is 84.4 Å². The van der Waals surface area contributed by atoms with Crippen LogP contribution < -0.4 is 5.32 Å². The molecule has 0 fully saturated rings. The lowest BCUT2D eigenvalue weighted by Gasteiger charge is -2.17. The molecule has 0 aromatic carbocycles. The van der Waals surface area contributed by atoms with E-state index in [1.165, 1.54) is 0 Å². The maximum atomic E-state index is 11.8. The minimum absolute atomic E-state index is 0.0181. The van der Waals surface area contributed by atoms with Crippen LogP contribution in [0.25, 0.3) is 0 Å². The Labute approximate surface area is 245 Å². The van der Waals surface area contributed by atoms with Crippen molar-refractivity contribution < 1.29 is 37.6 Å². The van der Waals surface area contributed by atoms with E-state index in [1.807, 2.05) is 10.9 Å². The topological polar surface area (TPSA) is 132 Å². The Morgan fingerprint density at radius 2 is 1.43 bits per heavy atom. The van der Waals surface area contributed by atoms with Crippen molar-refractivity contribution in [2.75, 3.05) is 78.8 Å². The Morgan fingerprint density at radius 3 is 1.98 bits per heavy atom. The Bertz CT molecular complexity index is 825. The van der Waals surface area contributed by atoms with Gasteiger partial charge in [-0.05, 0) is 33.6 Å². The largest absolute Gasteiger partial charge is 0.379 e. The van der Waals surface area contributed by atoms with Crippen LogP contribution in [0, 0.1) is 0 Å². The molecule has 1 amide bonds. The number of amides is 1. The summed E-state index contributed by atoms with van der Waals surface area (Å²) >= 11 is 4.01. The highest BCUT2D eigenvalue weighted by atomic mass is 32.7. The number of ether oxygens (including phenoxy) is 5. The molecule has 0 saturated heterocycles. The molecule has 0 aliphatic carbocycles. The normalized spacial score (nSPS) is 13.4. The maximum Gasteiger partial charge on any atom is 0.254 e. The molecule has 1 aromatic rings. The predicted octanol–water partition coefficient (Wildman–Crippen LogP) is 3.84. The molecule has 14 heteroatoms. The van der Waals surface area contributed by atoms with Gasteiger partial charge in [-0.2, -0.15) is 0 Å². The summed E-state index contributed by atoms with van der Waals surface area (Å²) in [7, 11) is 0. The highest BCUT2D eigenvalue weighted by Crippen LogP contribution is 2.51. The Morgan fingerprint density at radius 1 is 0.875 bits per heavy atom. The number of carbonyl (C=O) groups is 1. The summed E-state index contributed by atoms with van der Waals surface area (Å²) in [6.45, 7) is 11.0. The van der Waals surface area contributed by atoms with Crippen LogP contribution in [-0.2, 0) is 49.7 Å². The number of thiol groups is 1. The second-order valence-electron chi connectivity index (χ2n) is 10.1. The van der Waals surface area contributed by atoms with Crippen LogP contribution in [0.4, 0.5) is 0 Å². The molecule has 12 nitrogen and oxygen atoms in total. The second-order valence-corrected chi connectivity index (χ2v) is 14.1. The first-order chi connectivity index (χ1) is 19.1. The lowest BCUT2D eigenvalue weighted by atomic mass is 10.1. The monoisotopic (exact) mass is 610 g/mol. The number of nitrogens with one attached hydrogen (secondary N) is 1. The second kappa shape index (κ2) is 22.5. The van der Waals surface area contributed by atoms with E-state index in [4.69, 9.17) is 28.2 Å². The fraction of sp³-hybridized carbons (Fsp3) is 0.885. The highest BCUT2D eigenvalue weighted by molar-refractivity contribution is 8.46. The molecule has 1 heterocycles. The van der Waals surface area contributed by atoms with Crippen molar-refractivity contribution in [2.24, 2.45) is 0 Å². The van der Waals surface area contributed by atoms with Gasteiger partial charge in [-0.25, -0.2) is 4.68 Å². The molecule has 1 unspecified atom stereocenters. The highest BCUT2D eigenvalue weighted by Gasteiger charge is 2.15. The third-order valence-electron chi connectivity index (χ3n) is 5.53. The van der Waals surface area contributed by atoms with E-state index >= 15 is 0 Å². The molecule has 0 bridgehead atoms. The van der Waals surface area contributed by atoms with Crippen molar-refractivity contribution in [2.45, 2.75) is 71.9 Å². The van der Waals surface area contributed by atoms with E-state index in [0.717, 1.165) is 31.4 Å². The zero-order valence-electron chi connectivity index (χ0n) is 24.8. The molecular formula is C26H51N4O8PS. The van der Waals surface area contributed by atoms with E-state index in [1.54, 1.807) is 6.92 Å². The molecule has 0 aliphatic heterocycles. The van der Waals surface area contributed by atoms with Gasteiger partial charge in [-0.15, -0.1) is 5.10 Å². The zero-order chi connectivity index (χ0) is 29.5. The van der Waals surface area contributed by atoms with E-state index < -0.39 is 6.57 Å². The van der Waals surface area contributed by atoms with Crippen molar-refractivity contribution in [1.29, 1.82) is 0 Å². The van der Waals surface area contributed by atoms with E-state index in [0.29, 0.717) is 91.8 Å². The van der Waals surface area contributed by atoms with Crippen molar-refractivity contribution in [3.63, 3.8) is 0 Å². The number of hydrogen-bond acceptors (Lipinski definition) is 10. The van der Waals surface area contributed by atoms with Gasteiger partial charge in [0.1, 0.15) is 5.69 Å². The summed E-state index contributed by atoms with van der Waals surface area (Å²) in [4.78, 5) is 11.8. The smallest absolute Gasteiger partial charge is 0.254 e. The molecule has 1 rings (SSSR count). The summed E-state index contributed by atoms with van der Waals surface area (Å²) in [5.41, 5.74) is 0.704. The lowest BCUT2D eigenvalue weighted by Crippen LogP contribution is -2.25. The first-order valence-electron chi connectivity index (χ1n) is 14.2. The first-order valence-corrected chi connectivity index (χ1v) is 17.1. The molecular weight excluding hydrogens is 559 g/mol. The molecule has 0 aliphatic rings. The van der Waals surface area contributed by atoms with Crippen LogP contribution in [0.3, 0.4) is 0 Å². The SMILES string of the molecule is CCP(=O)(S)OCCCCCCNC(=O)CCOCCOCCOCCOCCOCc1cn(C(C)(C)C)nn1. The average molecular weight is 611 g/mol. The third kappa shape index (κ3) is 20.8. The number of rotatable bonds is 26. The van der Waals surface area contributed by atoms with E-state index in [-0.39, 0.29) is 11.4 Å². The minimum atomic E-state index is -2.69. The van der Waals surface area contributed by atoms with Gasteiger partial charge in [0.25, 0.3) is 6.57 Å². The van der Waals surface area contributed by atoms with Gasteiger partial charge in [0, 0.05) is 19.1 Å². The van der Waals surface area contributed by atoms with E-state index in [9.17, 15) is 9.36 Å². The Hall–Kier alpha value is -1.05. The van der Waals surface area contributed by atoms with Crippen molar-refractivity contribution in [3.05, 3.63) is 11.9 Å². The quantitative estimate of drug-likeness (QED) is 0.0906. The zero-order valence-corrected chi connectivity index (χ0v) is 26.6. The fourth-order valence-corrected chi connectivity index (χ4v) is 3.95. The summed E-state index contributed by atoms with van der Waals surface area (Å²) in [6, 6.07) is 0. The van der Waals surface area contributed by atoms with Crippen LogP contribution in [0.15, 0.2) is 6.20 Å². The van der Waals surface area contributed by atoms with Gasteiger partial charge >= 0.3 is 0 Å². The van der Waals surface area contributed by atoms with Crippen LogP contribution in [0.2, 0.25) is 0 Å². The van der Waals surface area contributed by atoms with Crippen molar-refractivity contribution in [3.8, 4) is 0 Å². The third-order valence-corrected chi connectivity index (χ3v) is 8.11. The van der Waals surface area contributed by atoms with Gasteiger partial charge < -0.3 is 33.5 Å². The fourth-order valence-electron chi connectivity index (χ4n) is 3.11. The van der Waals surface area contributed by atoms with Crippen LogP contribution >= 0.6 is 18.8 Å². The van der Waals surface area contributed by atoms with Gasteiger partial charge in [0.15, 0.2) is 0 Å². The molecule has 0 saturated carbocycles.